The zero-order valence-electron chi connectivity index (χ0n) is 14.7. The van der Waals surface area contributed by atoms with E-state index in [1.807, 2.05) is 25.1 Å². The number of rotatable bonds is 8. The predicted octanol–water partition coefficient (Wildman–Crippen LogP) is 3.67. The molecular weight excluding hydrogens is 322 g/mol. The second-order valence-corrected chi connectivity index (χ2v) is 7.67. The first kappa shape index (κ1) is 18.5. The van der Waals surface area contributed by atoms with E-state index in [0.29, 0.717) is 35.9 Å². The zero-order valence-corrected chi connectivity index (χ0v) is 15.5. The van der Waals surface area contributed by atoms with Crippen molar-refractivity contribution in [3.05, 3.63) is 41.8 Å². The first-order chi connectivity index (χ1) is 11.5. The quantitative estimate of drug-likeness (QED) is 0.738. The second-order valence-electron chi connectivity index (χ2n) is 6.38. The van der Waals surface area contributed by atoms with Gasteiger partial charge in [-0.15, -0.1) is 10.2 Å². The van der Waals surface area contributed by atoms with Crippen LogP contribution in [0.5, 0.6) is 0 Å². The van der Waals surface area contributed by atoms with Crippen LogP contribution in [0, 0.1) is 5.92 Å². The highest BCUT2D eigenvalue weighted by Gasteiger charge is 2.19. The molecule has 0 aliphatic carbocycles. The Bertz CT molecular complexity index is 643. The van der Waals surface area contributed by atoms with Gasteiger partial charge in [0.15, 0.2) is 0 Å². The molecule has 2 atom stereocenters. The Hall–Kier alpha value is -1.82. The molecule has 0 spiro atoms. The number of hydrogen-bond donors (Lipinski definition) is 1. The van der Waals surface area contributed by atoms with Crippen LogP contribution in [0.15, 0.2) is 40.0 Å². The molecule has 2 aromatic rings. The minimum Gasteiger partial charge on any atom is -0.416 e. The lowest BCUT2D eigenvalue weighted by Gasteiger charge is -2.11. The van der Waals surface area contributed by atoms with Gasteiger partial charge in [0.2, 0.25) is 11.8 Å². The maximum absolute atomic E-state index is 12.0. The fourth-order valence-electron chi connectivity index (χ4n) is 2.18. The lowest BCUT2D eigenvalue weighted by molar-refractivity contribution is -0.120. The van der Waals surface area contributed by atoms with Crippen LogP contribution in [-0.2, 0) is 11.2 Å². The van der Waals surface area contributed by atoms with Crippen LogP contribution in [0.2, 0.25) is 0 Å². The van der Waals surface area contributed by atoms with Gasteiger partial charge in [-0.3, -0.25) is 4.79 Å². The molecule has 0 aliphatic heterocycles. The molecule has 0 bridgehead atoms. The van der Waals surface area contributed by atoms with Gasteiger partial charge in [-0.1, -0.05) is 62.9 Å². The summed E-state index contributed by atoms with van der Waals surface area (Å²) in [5.41, 5.74) is 1.24. The van der Waals surface area contributed by atoms with Crippen LogP contribution in [0.1, 0.15) is 45.1 Å². The van der Waals surface area contributed by atoms with Gasteiger partial charge >= 0.3 is 0 Å². The van der Waals surface area contributed by atoms with Gasteiger partial charge in [0.25, 0.3) is 5.22 Å². The summed E-state index contributed by atoms with van der Waals surface area (Å²) in [5.74, 6) is 1.33. The lowest BCUT2D eigenvalue weighted by atomic mass is 9.98. The monoisotopic (exact) mass is 347 g/mol. The summed E-state index contributed by atoms with van der Waals surface area (Å²) in [5, 5.41) is 11.2. The van der Waals surface area contributed by atoms with E-state index >= 15 is 0 Å². The molecule has 2 unspecified atom stereocenters. The molecule has 5 nitrogen and oxygen atoms in total. The Morgan fingerprint density at radius 1 is 1.17 bits per heavy atom. The van der Waals surface area contributed by atoms with E-state index in [1.165, 1.54) is 17.3 Å². The van der Waals surface area contributed by atoms with E-state index < -0.39 is 0 Å². The van der Waals surface area contributed by atoms with E-state index in [1.54, 1.807) is 0 Å². The van der Waals surface area contributed by atoms with E-state index in [2.05, 4.69) is 48.4 Å². The zero-order chi connectivity index (χ0) is 17.5. The van der Waals surface area contributed by atoms with E-state index in [0.717, 1.165) is 0 Å². The number of amides is 1. The van der Waals surface area contributed by atoms with Gasteiger partial charge in [-0.2, -0.15) is 0 Å². The van der Waals surface area contributed by atoms with E-state index in [4.69, 9.17) is 4.42 Å². The van der Waals surface area contributed by atoms with Crippen LogP contribution >= 0.6 is 11.8 Å². The average molecular weight is 347 g/mol. The Balaban J connectivity index is 1.87. The van der Waals surface area contributed by atoms with Crippen molar-refractivity contribution in [2.75, 3.05) is 6.54 Å². The fourth-order valence-corrected chi connectivity index (χ4v) is 2.91. The number of aromatic nitrogens is 2. The van der Waals surface area contributed by atoms with Gasteiger partial charge in [0, 0.05) is 13.0 Å². The molecule has 1 aromatic carbocycles. The topological polar surface area (TPSA) is 68.0 Å². The lowest BCUT2D eigenvalue weighted by Crippen LogP contribution is -2.33. The van der Waals surface area contributed by atoms with E-state index in [9.17, 15) is 4.79 Å². The maximum atomic E-state index is 12.0. The molecule has 1 aromatic heterocycles. The Morgan fingerprint density at radius 3 is 2.54 bits per heavy atom. The van der Waals surface area contributed by atoms with Crippen molar-refractivity contribution in [2.45, 2.75) is 50.5 Å². The molecular formula is C18H25N3O2S. The summed E-state index contributed by atoms with van der Waals surface area (Å²) >= 11 is 1.29. The first-order valence-corrected chi connectivity index (χ1v) is 9.15. The second kappa shape index (κ2) is 8.87. The minimum atomic E-state index is -0.261. The van der Waals surface area contributed by atoms with Gasteiger partial charge in [-0.05, 0) is 24.3 Å². The number of nitrogens with one attached hydrogen (secondary N) is 1. The molecule has 0 saturated carbocycles. The van der Waals surface area contributed by atoms with Gasteiger partial charge in [0.05, 0.1) is 5.25 Å². The maximum Gasteiger partial charge on any atom is 0.277 e. The Kier molecular flexibility index (Phi) is 6.85. The van der Waals surface area contributed by atoms with Crippen molar-refractivity contribution in [3.63, 3.8) is 0 Å². The number of benzene rings is 1. The van der Waals surface area contributed by atoms with Crippen LogP contribution in [0.25, 0.3) is 0 Å². The van der Waals surface area contributed by atoms with Crippen molar-refractivity contribution in [2.24, 2.45) is 5.92 Å². The van der Waals surface area contributed by atoms with Crippen LogP contribution < -0.4 is 5.32 Å². The molecule has 1 N–H and O–H groups in total. The number of carbonyl (C=O) groups is 1. The number of carbonyl (C=O) groups excluding carboxylic acids is 1. The van der Waals surface area contributed by atoms with Gasteiger partial charge < -0.3 is 9.73 Å². The summed E-state index contributed by atoms with van der Waals surface area (Å²) in [7, 11) is 0. The van der Waals surface area contributed by atoms with Gasteiger partial charge in [-0.25, -0.2) is 0 Å². The average Bonchev–Trinajstić information content (AvgIpc) is 3.00. The van der Waals surface area contributed by atoms with Crippen molar-refractivity contribution < 1.29 is 9.21 Å². The molecule has 1 heterocycles. The molecule has 24 heavy (non-hydrogen) atoms. The highest BCUT2D eigenvalue weighted by molar-refractivity contribution is 8.00. The molecule has 6 heteroatoms. The van der Waals surface area contributed by atoms with Crippen LogP contribution in [-0.4, -0.2) is 27.9 Å². The normalized spacial score (nSPS) is 13.7. The standard InChI is InChI=1S/C18H25N3O2S/c1-12(2)11-19-17(22)14(4)24-18-21-20-16(23-18)10-13(3)15-8-6-5-7-9-15/h5-9,12-14H,10-11H2,1-4H3,(H,19,22). The third kappa shape index (κ3) is 5.67. The fraction of sp³-hybridized carbons (Fsp3) is 0.500. The molecule has 0 aliphatic rings. The van der Waals surface area contributed by atoms with Crippen molar-refractivity contribution >= 4 is 17.7 Å². The molecule has 2 rings (SSSR count). The third-order valence-corrected chi connectivity index (χ3v) is 4.56. The molecule has 0 saturated heterocycles. The summed E-state index contributed by atoms with van der Waals surface area (Å²) in [4.78, 5) is 12.0. The Morgan fingerprint density at radius 2 is 1.88 bits per heavy atom. The largest absolute Gasteiger partial charge is 0.416 e. The SMILES string of the molecule is CC(C)CNC(=O)C(C)Sc1nnc(CC(C)c2ccccc2)o1. The van der Waals surface area contributed by atoms with E-state index in [-0.39, 0.29) is 11.2 Å². The third-order valence-electron chi connectivity index (χ3n) is 3.63. The highest BCUT2D eigenvalue weighted by Crippen LogP contribution is 2.24. The van der Waals surface area contributed by atoms with Crippen molar-refractivity contribution in [3.8, 4) is 0 Å². The van der Waals surface area contributed by atoms with Crippen molar-refractivity contribution in [1.82, 2.24) is 15.5 Å². The summed E-state index contributed by atoms with van der Waals surface area (Å²) in [6.45, 7) is 8.78. The predicted molar refractivity (Wildman–Crippen MR) is 96.0 cm³/mol. The summed E-state index contributed by atoms with van der Waals surface area (Å²) in [6, 6.07) is 10.2. The van der Waals surface area contributed by atoms with Gasteiger partial charge in [0.1, 0.15) is 0 Å². The summed E-state index contributed by atoms with van der Waals surface area (Å²) in [6.07, 6.45) is 0.686. The van der Waals surface area contributed by atoms with Crippen LogP contribution in [0.3, 0.4) is 0 Å². The first-order valence-electron chi connectivity index (χ1n) is 8.27. The minimum absolute atomic E-state index is 0.00824. The molecule has 130 valence electrons. The number of nitrogens with zero attached hydrogens (tertiary/aromatic N) is 2. The van der Waals surface area contributed by atoms with Crippen LogP contribution in [0.4, 0.5) is 0 Å². The summed E-state index contributed by atoms with van der Waals surface area (Å²) < 4.78 is 5.68. The Labute approximate surface area is 147 Å². The smallest absolute Gasteiger partial charge is 0.277 e. The molecule has 0 radical (unpaired) electrons. The molecule has 1 amide bonds. The number of hydrogen-bond acceptors (Lipinski definition) is 5. The molecule has 0 fully saturated rings. The number of thioether (sulfide) groups is 1. The highest BCUT2D eigenvalue weighted by atomic mass is 32.2. The van der Waals surface area contributed by atoms with Crippen molar-refractivity contribution in [1.29, 1.82) is 0 Å².